The van der Waals surface area contributed by atoms with E-state index in [9.17, 15) is 0 Å². The van der Waals surface area contributed by atoms with Gasteiger partial charge in [0.15, 0.2) is 0 Å². The van der Waals surface area contributed by atoms with Crippen LogP contribution in [0.15, 0.2) is 205 Å². The number of anilines is 1. The molecule has 2 N–H and O–H groups in total. The number of hydrogen-bond donors (Lipinski definition) is 2. The fourth-order valence-corrected chi connectivity index (χ4v) is 11.8. The van der Waals surface area contributed by atoms with E-state index in [2.05, 4.69) is 214 Å². The number of nitrogens with one attached hydrogen (secondary N) is 2. The highest BCUT2D eigenvalue weighted by Gasteiger charge is 2.43. The predicted octanol–water partition coefficient (Wildman–Crippen LogP) is 13.5. The van der Waals surface area contributed by atoms with Crippen LogP contribution >= 0.6 is 0 Å². The van der Waals surface area contributed by atoms with Gasteiger partial charge in [-0.05, 0) is 94.3 Å². The first-order valence-corrected chi connectivity index (χ1v) is 22.6. The maximum absolute atomic E-state index is 4.04. The van der Waals surface area contributed by atoms with E-state index in [1.165, 1.54) is 88.6 Å². The third-order valence-corrected chi connectivity index (χ3v) is 14.6. The summed E-state index contributed by atoms with van der Waals surface area (Å²) in [6.07, 6.45) is 27.7. The summed E-state index contributed by atoms with van der Waals surface area (Å²) in [5.41, 5.74) is 16.3. The summed E-state index contributed by atoms with van der Waals surface area (Å²) in [6, 6.07) is 50.5. The van der Waals surface area contributed by atoms with Gasteiger partial charge in [0.25, 0.3) is 0 Å². The van der Waals surface area contributed by atoms with Crippen LogP contribution < -0.4 is 15.5 Å². The first-order valence-electron chi connectivity index (χ1n) is 22.6. The molecule has 0 radical (unpaired) electrons. The van der Waals surface area contributed by atoms with Crippen LogP contribution in [0.2, 0.25) is 0 Å². The first kappa shape index (κ1) is 35.8. The normalized spacial score (nSPS) is 24.7. The number of hydrogen-bond acceptors (Lipinski definition) is 3. The van der Waals surface area contributed by atoms with Crippen LogP contribution in [-0.2, 0) is 0 Å². The van der Waals surface area contributed by atoms with Crippen molar-refractivity contribution in [1.82, 2.24) is 15.2 Å². The average molecular weight is 801 g/mol. The second-order valence-corrected chi connectivity index (χ2v) is 17.9. The largest absolute Gasteiger partial charge is 0.369 e. The highest BCUT2D eigenvalue weighted by molar-refractivity contribution is 6.20. The third kappa shape index (κ3) is 5.56. The topological polar surface area (TPSA) is 32.2 Å². The van der Waals surface area contributed by atoms with Gasteiger partial charge in [0.2, 0.25) is 0 Å². The van der Waals surface area contributed by atoms with Crippen LogP contribution in [-0.4, -0.2) is 10.6 Å². The molecule has 1 saturated heterocycles. The SMILES string of the molecule is C1=CCCC(n2c3cc4c(cc3c3ccc5ccccc5c32)C2C=CC=CC2N4C2CC=C(C3=CC=C4NC(c5ccccc5)NC(c5ccccc5)C4C3)c3ccccc32)=C1. The number of fused-ring (bicyclic) bond motifs is 10. The molecule has 0 spiro atoms. The van der Waals surface area contributed by atoms with Gasteiger partial charge in [-0.1, -0.05) is 170 Å². The van der Waals surface area contributed by atoms with E-state index in [0.29, 0.717) is 0 Å². The summed E-state index contributed by atoms with van der Waals surface area (Å²) in [7, 11) is 0. The third-order valence-electron chi connectivity index (χ3n) is 14.6. The lowest BCUT2D eigenvalue weighted by molar-refractivity contribution is 0.266. The van der Waals surface area contributed by atoms with Crippen molar-refractivity contribution in [2.45, 2.75) is 55.9 Å². The van der Waals surface area contributed by atoms with Gasteiger partial charge in [0.05, 0.1) is 23.1 Å². The van der Waals surface area contributed by atoms with Gasteiger partial charge in [0.1, 0.15) is 6.17 Å². The summed E-state index contributed by atoms with van der Waals surface area (Å²) in [6.45, 7) is 0. The quantitative estimate of drug-likeness (QED) is 0.182. The van der Waals surface area contributed by atoms with Gasteiger partial charge >= 0.3 is 0 Å². The van der Waals surface area contributed by atoms with Crippen molar-refractivity contribution >= 4 is 49.5 Å². The lowest BCUT2D eigenvalue weighted by Gasteiger charge is -2.44. The van der Waals surface area contributed by atoms with Gasteiger partial charge in [-0.3, -0.25) is 5.32 Å². The number of allylic oxidation sites excluding steroid dienone is 10. The maximum Gasteiger partial charge on any atom is 0.103 e. The second kappa shape index (κ2) is 14.4. The van der Waals surface area contributed by atoms with Gasteiger partial charge in [0, 0.05) is 51.1 Å². The molecule has 0 saturated carbocycles. The molecule has 4 nitrogen and oxygen atoms in total. The van der Waals surface area contributed by atoms with Gasteiger partial charge < -0.3 is 14.8 Å². The number of rotatable bonds is 5. The Kier molecular flexibility index (Phi) is 8.30. The maximum atomic E-state index is 4.04. The Morgan fingerprint density at radius 3 is 2.32 bits per heavy atom. The first-order chi connectivity index (χ1) is 30.8. The standard InChI is InChI=1S/C58H48N4/c1-4-17-38(18-5-1)56-50-34-40(29-32-51(50)59-58(60-56)39-19-6-2-7-20-39)42-31-33-53(45-25-13-12-24-44(42)45)62-52-27-15-14-26-46(52)48-35-49-47-30-28-37-16-10-11-23-43(37)57(47)61(54(49)36-55(48)62)41-21-8-3-9-22-41/h1-8,10-21,23-32,35-36,46,50,52-53,56,58-60H,9,22,33-34H2. The van der Waals surface area contributed by atoms with Crippen LogP contribution in [0, 0.1) is 5.92 Å². The molecule has 4 heteroatoms. The molecule has 13 rings (SSSR count). The van der Waals surface area contributed by atoms with Gasteiger partial charge in [-0.25, -0.2) is 0 Å². The van der Waals surface area contributed by atoms with E-state index in [1.807, 2.05) is 0 Å². The molecule has 1 aromatic heterocycles. The van der Waals surface area contributed by atoms with Crippen LogP contribution in [0.3, 0.4) is 0 Å². The molecule has 6 aromatic carbocycles. The van der Waals surface area contributed by atoms with Crippen molar-refractivity contribution in [3.8, 4) is 0 Å². The van der Waals surface area contributed by atoms with E-state index in [1.54, 1.807) is 0 Å². The molecule has 1 fully saturated rings. The zero-order valence-corrected chi connectivity index (χ0v) is 34.7. The van der Waals surface area contributed by atoms with Crippen LogP contribution in [0.4, 0.5) is 5.69 Å². The lowest BCUT2D eigenvalue weighted by atomic mass is 9.75. The minimum atomic E-state index is 0.0446. The van der Waals surface area contributed by atoms with E-state index >= 15 is 0 Å². The molecule has 2 aliphatic heterocycles. The van der Waals surface area contributed by atoms with Crippen molar-refractivity contribution in [2.75, 3.05) is 4.90 Å². The van der Waals surface area contributed by atoms with Crippen molar-refractivity contribution in [3.05, 3.63) is 233 Å². The Labute approximate surface area is 363 Å². The number of benzene rings is 6. The molecule has 6 unspecified atom stereocenters. The Hall–Kier alpha value is -6.88. The zero-order chi connectivity index (χ0) is 40.7. The Balaban J connectivity index is 0.922. The summed E-state index contributed by atoms with van der Waals surface area (Å²) in [5.74, 6) is 0.577. The molecule has 300 valence electrons. The monoisotopic (exact) mass is 800 g/mol. The predicted molar refractivity (Wildman–Crippen MR) is 258 cm³/mol. The smallest absolute Gasteiger partial charge is 0.103 e. The highest BCUT2D eigenvalue weighted by atomic mass is 15.2. The molecule has 6 atom stereocenters. The summed E-state index contributed by atoms with van der Waals surface area (Å²) >= 11 is 0. The van der Waals surface area contributed by atoms with E-state index in [0.717, 1.165) is 25.7 Å². The highest BCUT2D eigenvalue weighted by Crippen LogP contribution is 2.54. The van der Waals surface area contributed by atoms with Crippen LogP contribution in [0.25, 0.3) is 43.8 Å². The van der Waals surface area contributed by atoms with Crippen molar-refractivity contribution in [2.24, 2.45) is 5.92 Å². The minimum absolute atomic E-state index is 0.0446. The van der Waals surface area contributed by atoms with Crippen molar-refractivity contribution < 1.29 is 0 Å². The minimum Gasteiger partial charge on any atom is -0.369 e. The van der Waals surface area contributed by atoms with Crippen LogP contribution in [0.1, 0.15) is 77.7 Å². The number of aromatic nitrogens is 1. The van der Waals surface area contributed by atoms with Crippen LogP contribution in [0.5, 0.6) is 0 Å². The number of nitrogens with zero attached hydrogens (tertiary/aromatic N) is 2. The van der Waals surface area contributed by atoms with E-state index in [4.69, 9.17) is 0 Å². The summed E-state index contributed by atoms with van der Waals surface area (Å²) < 4.78 is 2.60. The zero-order valence-electron chi connectivity index (χ0n) is 34.7. The van der Waals surface area contributed by atoms with Crippen molar-refractivity contribution in [1.29, 1.82) is 0 Å². The fourth-order valence-electron chi connectivity index (χ4n) is 11.8. The molecular formula is C58H48N4. The van der Waals surface area contributed by atoms with Crippen molar-refractivity contribution in [3.63, 3.8) is 0 Å². The van der Waals surface area contributed by atoms with Gasteiger partial charge in [-0.15, -0.1) is 0 Å². The second-order valence-electron chi connectivity index (χ2n) is 17.9. The molecule has 62 heavy (non-hydrogen) atoms. The molecule has 0 amide bonds. The fraction of sp³-hybridized carbons (Fsp3) is 0.172. The summed E-state index contributed by atoms with van der Waals surface area (Å²) in [5, 5.41) is 13.2. The van der Waals surface area contributed by atoms with Gasteiger partial charge in [-0.2, -0.15) is 0 Å². The average Bonchev–Trinajstić information content (AvgIpc) is 3.85. The Morgan fingerprint density at radius 2 is 1.45 bits per heavy atom. The Bertz CT molecular complexity index is 3170. The molecule has 6 aliphatic rings. The lowest BCUT2D eigenvalue weighted by Crippen LogP contribution is -2.48. The molecule has 0 bridgehead atoms. The molecule has 3 heterocycles. The Morgan fingerprint density at radius 1 is 0.645 bits per heavy atom. The molecule has 4 aliphatic carbocycles. The molecule has 7 aromatic rings. The van der Waals surface area contributed by atoms with E-state index in [-0.39, 0.29) is 36.1 Å². The summed E-state index contributed by atoms with van der Waals surface area (Å²) in [4.78, 5) is 2.79. The molecular weight excluding hydrogens is 753 g/mol. The van der Waals surface area contributed by atoms with E-state index < -0.39 is 0 Å².